The summed E-state index contributed by atoms with van der Waals surface area (Å²) < 4.78 is 0. The van der Waals surface area contributed by atoms with Crippen LogP contribution in [0.5, 0.6) is 0 Å². The summed E-state index contributed by atoms with van der Waals surface area (Å²) in [4.78, 5) is 39.0. The molecule has 1 N–H and O–H groups in total. The molecule has 1 aromatic carbocycles. The van der Waals surface area contributed by atoms with Gasteiger partial charge in [0.2, 0.25) is 5.91 Å². The van der Waals surface area contributed by atoms with Gasteiger partial charge in [0.1, 0.15) is 11.8 Å². The van der Waals surface area contributed by atoms with Gasteiger partial charge in [0.05, 0.1) is 0 Å². The van der Waals surface area contributed by atoms with Gasteiger partial charge in [-0.3, -0.25) is 14.4 Å². The van der Waals surface area contributed by atoms with E-state index in [1.807, 2.05) is 45.9 Å². The monoisotopic (exact) mass is 344 g/mol. The summed E-state index contributed by atoms with van der Waals surface area (Å²) >= 11 is 0. The number of likely N-dealkylation sites (tertiary alicyclic amines) is 1. The van der Waals surface area contributed by atoms with Crippen LogP contribution in [-0.2, 0) is 9.59 Å². The van der Waals surface area contributed by atoms with E-state index in [1.54, 1.807) is 11.0 Å². The molecule has 2 rings (SSSR count). The van der Waals surface area contributed by atoms with Gasteiger partial charge < -0.3 is 10.2 Å². The number of ketones is 1. The fourth-order valence-electron chi connectivity index (χ4n) is 3.19. The maximum atomic E-state index is 12.9. The minimum atomic E-state index is -0.562. The number of rotatable bonds is 5. The number of carbonyl (C=O) groups is 3. The number of aryl methyl sites for hydroxylation is 1. The Bertz CT molecular complexity index is 654. The quantitative estimate of drug-likeness (QED) is 0.893. The van der Waals surface area contributed by atoms with Crippen molar-refractivity contribution in [1.82, 2.24) is 10.2 Å². The molecule has 0 aromatic heterocycles. The van der Waals surface area contributed by atoms with E-state index in [0.717, 1.165) is 5.56 Å². The summed E-state index contributed by atoms with van der Waals surface area (Å²) in [7, 11) is 0. The first-order valence-electron chi connectivity index (χ1n) is 8.97. The van der Waals surface area contributed by atoms with E-state index in [4.69, 9.17) is 0 Å². The molecule has 0 saturated carbocycles. The van der Waals surface area contributed by atoms with Gasteiger partial charge in [-0.25, -0.2) is 0 Å². The molecule has 2 atom stereocenters. The lowest BCUT2D eigenvalue weighted by atomic mass is 9.96. The molecule has 0 unspecified atom stereocenters. The van der Waals surface area contributed by atoms with Crippen LogP contribution >= 0.6 is 0 Å². The summed E-state index contributed by atoms with van der Waals surface area (Å²) in [5, 5.41) is 2.91. The molecule has 2 amide bonds. The smallest absolute Gasteiger partial charge is 0.252 e. The molecule has 0 radical (unpaired) electrons. The normalized spacial score (nSPS) is 19.0. The second-order valence-electron chi connectivity index (χ2n) is 7.37. The Hall–Kier alpha value is -2.17. The highest BCUT2D eigenvalue weighted by atomic mass is 16.2. The van der Waals surface area contributed by atoms with Crippen LogP contribution in [0.4, 0.5) is 0 Å². The van der Waals surface area contributed by atoms with Gasteiger partial charge in [-0.2, -0.15) is 0 Å². The molecule has 1 aliphatic rings. The number of piperidine rings is 1. The highest BCUT2D eigenvalue weighted by molar-refractivity contribution is 5.98. The van der Waals surface area contributed by atoms with Crippen LogP contribution in [0.25, 0.3) is 0 Å². The van der Waals surface area contributed by atoms with Crippen LogP contribution in [-0.4, -0.2) is 41.6 Å². The van der Waals surface area contributed by atoms with Crippen molar-refractivity contribution in [3.05, 3.63) is 35.4 Å². The van der Waals surface area contributed by atoms with E-state index in [2.05, 4.69) is 5.32 Å². The zero-order chi connectivity index (χ0) is 18.6. The topological polar surface area (TPSA) is 66.5 Å². The number of amides is 2. The van der Waals surface area contributed by atoms with Gasteiger partial charge in [0.15, 0.2) is 0 Å². The van der Waals surface area contributed by atoms with E-state index in [-0.39, 0.29) is 29.4 Å². The Morgan fingerprint density at radius 2 is 1.96 bits per heavy atom. The van der Waals surface area contributed by atoms with Crippen molar-refractivity contribution in [1.29, 1.82) is 0 Å². The van der Waals surface area contributed by atoms with Crippen LogP contribution in [0.1, 0.15) is 49.5 Å². The molecule has 1 fully saturated rings. The first kappa shape index (κ1) is 19.2. The number of Topliss-reactive ketones (excluding diaryl/α,β-unsaturated/α-hetero) is 1. The van der Waals surface area contributed by atoms with Crippen molar-refractivity contribution < 1.29 is 14.4 Å². The third-order valence-electron chi connectivity index (χ3n) is 4.68. The lowest BCUT2D eigenvalue weighted by Gasteiger charge is -2.33. The molecule has 5 nitrogen and oxygen atoms in total. The molecule has 1 aromatic rings. The van der Waals surface area contributed by atoms with Crippen molar-refractivity contribution in [2.45, 2.75) is 46.6 Å². The summed E-state index contributed by atoms with van der Waals surface area (Å²) in [5.41, 5.74) is 1.47. The zero-order valence-corrected chi connectivity index (χ0v) is 15.5. The molecule has 25 heavy (non-hydrogen) atoms. The van der Waals surface area contributed by atoms with E-state index in [9.17, 15) is 14.4 Å². The molecule has 1 heterocycles. The Morgan fingerprint density at radius 1 is 1.28 bits per heavy atom. The van der Waals surface area contributed by atoms with E-state index in [1.165, 1.54) is 0 Å². The van der Waals surface area contributed by atoms with Gasteiger partial charge in [-0.05, 0) is 30.9 Å². The average molecular weight is 344 g/mol. The predicted octanol–water partition coefficient (Wildman–Crippen LogP) is 2.58. The number of nitrogens with zero attached hydrogens (tertiary/aromatic N) is 1. The molecule has 1 aliphatic heterocycles. The molecule has 1 saturated heterocycles. The third kappa shape index (κ3) is 4.91. The molecular weight excluding hydrogens is 316 g/mol. The van der Waals surface area contributed by atoms with E-state index in [0.29, 0.717) is 31.5 Å². The second kappa shape index (κ2) is 8.28. The number of benzene rings is 1. The molecule has 0 bridgehead atoms. The minimum Gasteiger partial charge on any atom is -0.340 e. The Labute approximate surface area is 149 Å². The Kier molecular flexibility index (Phi) is 6.34. The van der Waals surface area contributed by atoms with Gasteiger partial charge in [0, 0.05) is 31.0 Å². The van der Waals surface area contributed by atoms with Crippen molar-refractivity contribution in [3.63, 3.8) is 0 Å². The first-order chi connectivity index (χ1) is 11.8. The first-order valence-corrected chi connectivity index (χ1v) is 8.97. The number of nitrogens with one attached hydrogen (secondary N) is 1. The summed E-state index contributed by atoms with van der Waals surface area (Å²) in [6, 6.07) is 6.79. The second-order valence-corrected chi connectivity index (χ2v) is 7.37. The fraction of sp³-hybridized carbons (Fsp3) is 0.550. The van der Waals surface area contributed by atoms with Gasteiger partial charge in [0.25, 0.3) is 5.91 Å². The van der Waals surface area contributed by atoms with Crippen molar-refractivity contribution >= 4 is 17.6 Å². The van der Waals surface area contributed by atoms with Gasteiger partial charge >= 0.3 is 0 Å². The van der Waals surface area contributed by atoms with Crippen LogP contribution in [0.2, 0.25) is 0 Å². The van der Waals surface area contributed by atoms with Crippen molar-refractivity contribution in [3.8, 4) is 0 Å². The van der Waals surface area contributed by atoms with Crippen molar-refractivity contribution in [2.75, 3.05) is 13.1 Å². The molecule has 136 valence electrons. The molecule has 0 spiro atoms. The summed E-state index contributed by atoms with van der Waals surface area (Å²) in [6.45, 7) is 8.67. The van der Waals surface area contributed by atoms with Gasteiger partial charge in [-0.1, -0.05) is 39.0 Å². The van der Waals surface area contributed by atoms with Crippen LogP contribution in [0.3, 0.4) is 0 Å². The highest BCUT2D eigenvalue weighted by Crippen LogP contribution is 2.17. The van der Waals surface area contributed by atoms with Crippen LogP contribution < -0.4 is 5.32 Å². The molecular formula is C20H28N2O3. The van der Waals surface area contributed by atoms with Gasteiger partial charge in [-0.15, -0.1) is 0 Å². The summed E-state index contributed by atoms with van der Waals surface area (Å²) in [5.74, 6) is 0.0288. The largest absolute Gasteiger partial charge is 0.340 e. The predicted molar refractivity (Wildman–Crippen MR) is 97.3 cm³/mol. The SMILES string of the molecule is Cc1ccccc1C(=O)N[C@H](CC(C)C)C(=O)N1CCC(=O)[C@@H](C)C1. The molecule has 5 heteroatoms. The standard InChI is InChI=1S/C20H28N2O3/c1-13(2)11-17(20(25)22-10-9-18(23)15(4)12-22)21-19(24)16-8-6-5-7-14(16)3/h5-8,13,15,17H,9-12H2,1-4H3,(H,21,24)/t15-,17+/m0/s1. The zero-order valence-electron chi connectivity index (χ0n) is 15.5. The lowest BCUT2D eigenvalue weighted by Crippen LogP contribution is -2.53. The minimum absolute atomic E-state index is 0.0880. The van der Waals surface area contributed by atoms with E-state index >= 15 is 0 Å². The summed E-state index contributed by atoms with van der Waals surface area (Å²) in [6.07, 6.45) is 0.975. The number of hydrogen-bond acceptors (Lipinski definition) is 3. The van der Waals surface area contributed by atoms with Crippen molar-refractivity contribution in [2.24, 2.45) is 11.8 Å². The third-order valence-corrected chi connectivity index (χ3v) is 4.68. The molecule has 0 aliphatic carbocycles. The van der Waals surface area contributed by atoms with Crippen LogP contribution in [0.15, 0.2) is 24.3 Å². The lowest BCUT2D eigenvalue weighted by molar-refractivity contribution is -0.138. The number of hydrogen-bond donors (Lipinski definition) is 1. The average Bonchev–Trinajstić information content (AvgIpc) is 2.56. The maximum absolute atomic E-state index is 12.9. The Morgan fingerprint density at radius 3 is 2.56 bits per heavy atom. The van der Waals surface area contributed by atoms with E-state index < -0.39 is 6.04 Å². The fourth-order valence-corrected chi connectivity index (χ4v) is 3.19. The van der Waals surface area contributed by atoms with Crippen LogP contribution in [0, 0.1) is 18.8 Å². The maximum Gasteiger partial charge on any atom is 0.252 e. The Balaban J connectivity index is 2.13. The highest BCUT2D eigenvalue weighted by Gasteiger charge is 2.32. The number of carbonyl (C=O) groups excluding carboxylic acids is 3.